The molecule has 0 bridgehead atoms. The van der Waals surface area contributed by atoms with E-state index in [0.29, 0.717) is 6.04 Å². The molecular formula is C16H23N3S. The Bertz CT molecular complexity index is 523. The summed E-state index contributed by atoms with van der Waals surface area (Å²) in [5.74, 6) is 0.822. The number of hydrogen-bond acceptors (Lipinski definition) is 4. The molecule has 1 aromatic heterocycles. The van der Waals surface area contributed by atoms with Crippen molar-refractivity contribution < 1.29 is 0 Å². The van der Waals surface area contributed by atoms with Crippen LogP contribution in [0, 0.1) is 5.92 Å². The van der Waals surface area contributed by atoms with Crippen LogP contribution in [0.1, 0.15) is 26.7 Å². The van der Waals surface area contributed by atoms with E-state index in [1.165, 1.54) is 22.7 Å². The molecule has 1 aromatic carbocycles. The zero-order valence-corrected chi connectivity index (χ0v) is 13.1. The van der Waals surface area contributed by atoms with Crippen LogP contribution < -0.4 is 10.2 Å². The molecule has 2 heterocycles. The lowest BCUT2D eigenvalue weighted by atomic mass is 9.97. The molecule has 1 aliphatic heterocycles. The summed E-state index contributed by atoms with van der Waals surface area (Å²) in [7, 11) is 0. The van der Waals surface area contributed by atoms with Crippen molar-refractivity contribution in [1.29, 1.82) is 0 Å². The van der Waals surface area contributed by atoms with Crippen LogP contribution in [0.5, 0.6) is 0 Å². The highest BCUT2D eigenvalue weighted by atomic mass is 32.1. The topological polar surface area (TPSA) is 28.2 Å². The van der Waals surface area contributed by atoms with Crippen LogP contribution in [0.2, 0.25) is 0 Å². The molecule has 3 nitrogen and oxygen atoms in total. The van der Waals surface area contributed by atoms with Crippen LogP contribution >= 0.6 is 11.3 Å². The number of fused-ring (bicyclic) bond motifs is 1. The van der Waals surface area contributed by atoms with E-state index in [9.17, 15) is 0 Å². The summed E-state index contributed by atoms with van der Waals surface area (Å²) in [5, 5.41) is 4.76. The molecule has 0 radical (unpaired) electrons. The van der Waals surface area contributed by atoms with Crippen molar-refractivity contribution in [2.75, 3.05) is 24.5 Å². The van der Waals surface area contributed by atoms with Crippen molar-refractivity contribution in [3.05, 3.63) is 24.3 Å². The minimum absolute atomic E-state index is 0.595. The quantitative estimate of drug-likeness (QED) is 0.933. The van der Waals surface area contributed by atoms with Gasteiger partial charge in [0.05, 0.1) is 10.2 Å². The Balaban J connectivity index is 1.60. The normalized spacial score (nSPS) is 17.2. The van der Waals surface area contributed by atoms with Gasteiger partial charge in [0.25, 0.3) is 0 Å². The van der Waals surface area contributed by atoms with E-state index in [4.69, 9.17) is 4.98 Å². The van der Waals surface area contributed by atoms with E-state index in [0.717, 1.165) is 31.1 Å². The number of hydrogen-bond donors (Lipinski definition) is 1. The van der Waals surface area contributed by atoms with E-state index in [1.54, 1.807) is 0 Å². The lowest BCUT2D eigenvalue weighted by Crippen LogP contribution is -2.38. The second kappa shape index (κ2) is 6.10. The Kier molecular flexibility index (Phi) is 4.22. The summed E-state index contributed by atoms with van der Waals surface area (Å²) in [6.07, 6.45) is 2.55. The minimum atomic E-state index is 0.595. The van der Waals surface area contributed by atoms with E-state index < -0.39 is 0 Å². The summed E-state index contributed by atoms with van der Waals surface area (Å²) < 4.78 is 1.30. The maximum absolute atomic E-state index is 4.76. The van der Waals surface area contributed by atoms with Crippen molar-refractivity contribution >= 4 is 26.7 Å². The molecule has 0 amide bonds. The monoisotopic (exact) mass is 289 g/mol. The molecule has 1 saturated heterocycles. The first kappa shape index (κ1) is 13.8. The molecule has 0 aliphatic carbocycles. The highest BCUT2D eigenvalue weighted by molar-refractivity contribution is 7.22. The van der Waals surface area contributed by atoms with Gasteiger partial charge >= 0.3 is 0 Å². The number of thiazole rings is 1. The van der Waals surface area contributed by atoms with Gasteiger partial charge in [-0.1, -0.05) is 37.3 Å². The van der Waals surface area contributed by atoms with Gasteiger partial charge in [-0.3, -0.25) is 0 Å². The third-order valence-electron chi connectivity index (χ3n) is 3.98. The second-order valence-corrected chi connectivity index (χ2v) is 6.97. The van der Waals surface area contributed by atoms with Crippen LogP contribution in [0.3, 0.4) is 0 Å². The molecule has 20 heavy (non-hydrogen) atoms. The highest BCUT2D eigenvalue weighted by Crippen LogP contribution is 2.31. The van der Waals surface area contributed by atoms with Gasteiger partial charge in [0.1, 0.15) is 0 Å². The second-order valence-electron chi connectivity index (χ2n) is 5.96. The third kappa shape index (κ3) is 3.13. The van der Waals surface area contributed by atoms with Gasteiger partial charge in [-0.2, -0.15) is 0 Å². The van der Waals surface area contributed by atoms with Gasteiger partial charge < -0.3 is 10.2 Å². The molecule has 4 heteroatoms. The molecule has 0 atom stereocenters. The fourth-order valence-electron chi connectivity index (χ4n) is 2.73. The molecule has 0 spiro atoms. The van der Waals surface area contributed by atoms with Crippen LogP contribution in [0.25, 0.3) is 10.2 Å². The smallest absolute Gasteiger partial charge is 0.186 e. The molecule has 1 N–H and O–H groups in total. The van der Waals surface area contributed by atoms with Gasteiger partial charge in [0.15, 0.2) is 5.13 Å². The van der Waals surface area contributed by atoms with Crippen LogP contribution in [-0.4, -0.2) is 30.7 Å². The number of para-hydroxylation sites is 1. The summed E-state index contributed by atoms with van der Waals surface area (Å²) in [6, 6.07) is 9.02. The summed E-state index contributed by atoms with van der Waals surface area (Å²) in [5.41, 5.74) is 1.14. The molecular weight excluding hydrogens is 266 g/mol. The molecule has 2 aromatic rings. The highest BCUT2D eigenvalue weighted by Gasteiger charge is 2.21. The fourth-order valence-corrected chi connectivity index (χ4v) is 3.74. The van der Waals surface area contributed by atoms with Crippen molar-refractivity contribution in [3.63, 3.8) is 0 Å². The Labute approximate surface area is 125 Å². The zero-order chi connectivity index (χ0) is 13.9. The lowest BCUT2D eigenvalue weighted by molar-refractivity contribution is 0.370. The van der Waals surface area contributed by atoms with E-state index in [1.807, 2.05) is 11.3 Å². The number of benzene rings is 1. The molecule has 1 aliphatic rings. The summed E-state index contributed by atoms with van der Waals surface area (Å²) in [4.78, 5) is 7.22. The largest absolute Gasteiger partial charge is 0.348 e. The number of nitrogens with zero attached hydrogens (tertiary/aromatic N) is 2. The van der Waals surface area contributed by atoms with Gasteiger partial charge in [0, 0.05) is 19.1 Å². The predicted octanol–water partition coefficient (Wildman–Crippen LogP) is 3.51. The lowest BCUT2D eigenvalue weighted by Gasteiger charge is -2.32. The third-order valence-corrected chi connectivity index (χ3v) is 5.08. The van der Waals surface area contributed by atoms with Gasteiger partial charge in [-0.05, 0) is 37.4 Å². The number of anilines is 1. The van der Waals surface area contributed by atoms with Crippen molar-refractivity contribution in [2.24, 2.45) is 5.92 Å². The maximum Gasteiger partial charge on any atom is 0.186 e. The number of nitrogens with one attached hydrogen (secondary N) is 1. The number of rotatable bonds is 4. The summed E-state index contributed by atoms with van der Waals surface area (Å²) >= 11 is 1.82. The number of piperidine rings is 1. The zero-order valence-electron chi connectivity index (χ0n) is 12.3. The van der Waals surface area contributed by atoms with E-state index in [2.05, 4.69) is 48.3 Å². The van der Waals surface area contributed by atoms with Crippen molar-refractivity contribution in [3.8, 4) is 0 Å². The Morgan fingerprint density at radius 2 is 2.05 bits per heavy atom. The first-order valence-electron chi connectivity index (χ1n) is 7.56. The standard InChI is InChI=1S/C16H23N3S/c1-12(2)17-11-13-7-9-19(10-8-13)16-18-14-5-3-4-6-15(14)20-16/h3-6,12-13,17H,7-11H2,1-2H3. The first-order valence-corrected chi connectivity index (χ1v) is 8.38. The Hall–Kier alpha value is -1.13. The average Bonchev–Trinajstić information content (AvgIpc) is 2.89. The van der Waals surface area contributed by atoms with E-state index in [-0.39, 0.29) is 0 Å². The van der Waals surface area contributed by atoms with Crippen LogP contribution in [0.4, 0.5) is 5.13 Å². The Morgan fingerprint density at radius 1 is 1.30 bits per heavy atom. The van der Waals surface area contributed by atoms with E-state index >= 15 is 0 Å². The van der Waals surface area contributed by atoms with Gasteiger partial charge in [-0.25, -0.2) is 4.98 Å². The number of aromatic nitrogens is 1. The predicted molar refractivity (Wildman–Crippen MR) is 87.7 cm³/mol. The molecule has 0 unspecified atom stereocenters. The van der Waals surface area contributed by atoms with Crippen molar-refractivity contribution in [2.45, 2.75) is 32.7 Å². The molecule has 0 saturated carbocycles. The van der Waals surface area contributed by atoms with Crippen molar-refractivity contribution in [1.82, 2.24) is 10.3 Å². The fraction of sp³-hybridized carbons (Fsp3) is 0.562. The minimum Gasteiger partial charge on any atom is -0.348 e. The molecule has 3 rings (SSSR count). The van der Waals surface area contributed by atoms with Gasteiger partial charge in [-0.15, -0.1) is 0 Å². The van der Waals surface area contributed by atoms with Crippen LogP contribution in [-0.2, 0) is 0 Å². The van der Waals surface area contributed by atoms with Crippen LogP contribution in [0.15, 0.2) is 24.3 Å². The molecule has 1 fully saturated rings. The Morgan fingerprint density at radius 3 is 2.75 bits per heavy atom. The summed E-state index contributed by atoms with van der Waals surface area (Å²) in [6.45, 7) is 7.88. The van der Waals surface area contributed by atoms with Gasteiger partial charge in [0.2, 0.25) is 0 Å². The molecule has 108 valence electrons. The SMILES string of the molecule is CC(C)NCC1CCN(c2nc3ccccc3s2)CC1. The average molecular weight is 289 g/mol. The maximum atomic E-state index is 4.76. The first-order chi connectivity index (χ1) is 9.72.